The molecule has 1 unspecified atom stereocenters. The Kier molecular flexibility index (Phi) is 6.02. The molecular weight excluding hydrogens is 403 g/mol. The Hall–Kier alpha value is -2.74. The third kappa shape index (κ3) is 4.48. The van der Waals surface area contributed by atoms with E-state index in [1.54, 1.807) is 37.3 Å². The van der Waals surface area contributed by atoms with E-state index < -0.39 is 24.2 Å². The predicted molar refractivity (Wildman–Crippen MR) is 102 cm³/mol. The van der Waals surface area contributed by atoms with Crippen molar-refractivity contribution in [3.05, 3.63) is 63.7 Å². The number of nitrogens with one attached hydrogen (secondary N) is 1. The van der Waals surface area contributed by atoms with Gasteiger partial charge in [0.05, 0.1) is 22.2 Å². The van der Waals surface area contributed by atoms with Crippen molar-refractivity contribution >= 4 is 11.6 Å². The summed E-state index contributed by atoms with van der Waals surface area (Å²) in [5, 5.41) is 20.7. The van der Waals surface area contributed by atoms with Gasteiger partial charge in [-0.25, -0.2) is 0 Å². The van der Waals surface area contributed by atoms with Gasteiger partial charge in [0, 0.05) is 12.0 Å². The lowest BCUT2D eigenvalue weighted by atomic mass is 9.87. The highest BCUT2D eigenvalue weighted by Crippen LogP contribution is 2.42. The standard InChI is InChI=1S/C21H17ClF3N3O/c1-12-17(7-4-14(10-27)19(12)22)18-8-15(28-20(18)21(23,24)25)11-29-16-5-2-13(9-26)3-6-16/h2-7,15,18,20,28H,8,11H2,1H3/t15-,18?,20+/m0/s1. The number of nitrogens with zero attached hydrogens (tertiary/aromatic N) is 2. The summed E-state index contributed by atoms with van der Waals surface area (Å²) in [6.07, 6.45) is -4.23. The van der Waals surface area contributed by atoms with E-state index in [1.165, 1.54) is 6.07 Å². The molecule has 1 aliphatic heterocycles. The van der Waals surface area contributed by atoms with Gasteiger partial charge in [0.25, 0.3) is 0 Å². The van der Waals surface area contributed by atoms with Crippen molar-refractivity contribution in [2.45, 2.75) is 37.5 Å². The SMILES string of the molecule is Cc1c(C2C[C@@H](COc3ccc(C#N)cc3)N[C@H]2C(F)(F)F)ccc(C#N)c1Cl. The van der Waals surface area contributed by atoms with Crippen LogP contribution in [0.15, 0.2) is 36.4 Å². The molecule has 0 amide bonds. The Morgan fingerprint density at radius 2 is 1.83 bits per heavy atom. The number of benzene rings is 2. The quantitative estimate of drug-likeness (QED) is 0.769. The molecule has 2 aromatic carbocycles. The van der Waals surface area contributed by atoms with Gasteiger partial charge in [0.15, 0.2) is 0 Å². The smallest absolute Gasteiger partial charge is 0.404 e. The molecule has 3 atom stereocenters. The zero-order valence-electron chi connectivity index (χ0n) is 15.4. The Balaban J connectivity index is 1.79. The van der Waals surface area contributed by atoms with E-state index in [-0.39, 0.29) is 23.6 Å². The maximum absolute atomic E-state index is 13.7. The van der Waals surface area contributed by atoms with Crippen molar-refractivity contribution in [2.75, 3.05) is 6.61 Å². The van der Waals surface area contributed by atoms with Crippen LogP contribution in [0.5, 0.6) is 5.75 Å². The Morgan fingerprint density at radius 3 is 2.41 bits per heavy atom. The van der Waals surface area contributed by atoms with E-state index in [9.17, 15) is 13.2 Å². The van der Waals surface area contributed by atoms with Crippen LogP contribution in [0.25, 0.3) is 0 Å². The molecule has 1 heterocycles. The fourth-order valence-electron chi connectivity index (χ4n) is 3.64. The van der Waals surface area contributed by atoms with Crippen molar-refractivity contribution in [3.63, 3.8) is 0 Å². The number of halogens is 4. The van der Waals surface area contributed by atoms with Gasteiger partial charge in [-0.1, -0.05) is 17.7 Å². The average molecular weight is 420 g/mol. The van der Waals surface area contributed by atoms with Crippen LogP contribution >= 0.6 is 11.6 Å². The molecule has 3 rings (SSSR count). The summed E-state index contributed by atoms with van der Waals surface area (Å²) in [7, 11) is 0. The molecule has 8 heteroatoms. The predicted octanol–water partition coefficient (Wildman–Crippen LogP) is 4.85. The van der Waals surface area contributed by atoms with Crippen LogP contribution in [0.3, 0.4) is 0 Å². The molecule has 0 bridgehead atoms. The first-order chi connectivity index (χ1) is 13.7. The second-order valence-corrected chi connectivity index (χ2v) is 7.30. The fourth-order valence-corrected chi connectivity index (χ4v) is 3.85. The minimum absolute atomic E-state index is 0.0536. The van der Waals surface area contributed by atoms with Crippen molar-refractivity contribution in [2.24, 2.45) is 0 Å². The van der Waals surface area contributed by atoms with Gasteiger partial charge in [-0.05, 0) is 54.8 Å². The Bertz CT molecular complexity index is 977. The number of rotatable bonds is 4. The lowest BCUT2D eigenvalue weighted by molar-refractivity contribution is -0.156. The van der Waals surface area contributed by atoms with Gasteiger partial charge in [0.1, 0.15) is 24.5 Å². The fraction of sp³-hybridized carbons (Fsp3) is 0.333. The number of hydrogen-bond donors (Lipinski definition) is 1. The van der Waals surface area contributed by atoms with Crippen LogP contribution in [0, 0.1) is 29.6 Å². The first-order valence-corrected chi connectivity index (χ1v) is 9.27. The molecule has 1 N–H and O–H groups in total. The topological polar surface area (TPSA) is 68.8 Å². The molecule has 2 aromatic rings. The third-order valence-corrected chi connectivity index (χ3v) is 5.58. The summed E-state index contributed by atoms with van der Waals surface area (Å²) in [6, 6.07) is 11.1. The largest absolute Gasteiger partial charge is 0.492 e. The van der Waals surface area contributed by atoms with Crippen molar-refractivity contribution in [1.29, 1.82) is 10.5 Å². The minimum Gasteiger partial charge on any atom is -0.492 e. The second kappa shape index (κ2) is 8.32. The van der Waals surface area contributed by atoms with Crippen LogP contribution in [0.2, 0.25) is 5.02 Å². The van der Waals surface area contributed by atoms with Crippen LogP contribution in [0.4, 0.5) is 13.2 Å². The molecule has 0 spiro atoms. The monoisotopic (exact) mass is 419 g/mol. The van der Waals surface area contributed by atoms with Crippen molar-refractivity contribution < 1.29 is 17.9 Å². The molecular formula is C21H17ClF3N3O. The number of hydrogen-bond acceptors (Lipinski definition) is 4. The van der Waals surface area contributed by atoms with E-state index >= 15 is 0 Å². The lowest BCUT2D eigenvalue weighted by Gasteiger charge is -2.24. The van der Waals surface area contributed by atoms with Crippen LogP contribution in [-0.4, -0.2) is 24.9 Å². The molecule has 0 saturated carbocycles. The normalized spacial score (nSPS) is 21.4. The number of alkyl halides is 3. The maximum atomic E-state index is 13.7. The highest BCUT2D eigenvalue weighted by Gasteiger charge is 2.51. The van der Waals surface area contributed by atoms with E-state index in [0.29, 0.717) is 22.4 Å². The summed E-state index contributed by atoms with van der Waals surface area (Å²) < 4.78 is 46.6. The first-order valence-electron chi connectivity index (χ1n) is 8.89. The molecule has 150 valence electrons. The van der Waals surface area contributed by atoms with Gasteiger partial charge in [-0.15, -0.1) is 0 Å². The highest BCUT2D eigenvalue weighted by atomic mass is 35.5. The summed E-state index contributed by atoms with van der Waals surface area (Å²) in [6.45, 7) is 1.69. The van der Waals surface area contributed by atoms with Crippen LogP contribution in [0.1, 0.15) is 34.6 Å². The molecule has 0 radical (unpaired) electrons. The molecule has 0 aliphatic carbocycles. The van der Waals surface area contributed by atoms with Crippen molar-refractivity contribution in [1.82, 2.24) is 5.32 Å². The van der Waals surface area contributed by atoms with E-state index in [2.05, 4.69) is 5.32 Å². The third-order valence-electron chi connectivity index (χ3n) is 5.09. The van der Waals surface area contributed by atoms with Gasteiger partial charge < -0.3 is 4.74 Å². The van der Waals surface area contributed by atoms with Gasteiger partial charge in [-0.2, -0.15) is 23.7 Å². The Morgan fingerprint density at radius 1 is 1.14 bits per heavy atom. The van der Waals surface area contributed by atoms with Crippen LogP contribution in [-0.2, 0) is 0 Å². The number of nitriles is 2. The summed E-state index contributed by atoms with van der Waals surface area (Å²) in [5.41, 5.74) is 1.68. The zero-order valence-corrected chi connectivity index (χ0v) is 16.2. The van der Waals surface area contributed by atoms with E-state index in [0.717, 1.165) is 0 Å². The summed E-state index contributed by atoms with van der Waals surface area (Å²) >= 11 is 6.17. The zero-order chi connectivity index (χ0) is 21.2. The maximum Gasteiger partial charge on any atom is 0.404 e. The molecule has 0 aromatic heterocycles. The molecule has 1 fully saturated rings. The minimum atomic E-state index is -4.44. The molecule has 1 aliphatic rings. The first kappa shape index (κ1) is 21.0. The average Bonchev–Trinajstić information content (AvgIpc) is 3.13. The van der Waals surface area contributed by atoms with Crippen LogP contribution < -0.4 is 10.1 Å². The Labute approximate surface area is 171 Å². The second-order valence-electron chi connectivity index (χ2n) is 6.93. The molecule has 29 heavy (non-hydrogen) atoms. The number of ether oxygens (including phenoxy) is 1. The molecule has 4 nitrogen and oxygen atoms in total. The molecule has 1 saturated heterocycles. The van der Waals surface area contributed by atoms with Gasteiger partial charge in [0.2, 0.25) is 0 Å². The highest BCUT2D eigenvalue weighted by molar-refractivity contribution is 6.32. The van der Waals surface area contributed by atoms with Crippen molar-refractivity contribution in [3.8, 4) is 17.9 Å². The summed E-state index contributed by atoms with van der Waals surface area (Å²) in [5.74, 6) is -0.356. The van der Waals surface area contributed by atoms with E-state index in [1.807, 2.05) is 12.1 Å². The van der Waals surface area contributed by atoms with Gasteiger partial charge in [-0.3, -0.25) is 5.32 Å². The van der Waals surface area contributed by atoms with Gasteiger partial charge >= 0.3 is 6.18 Å². The van der Waals surface area contributed by atoms with E-state index in [4.69, 9.17) is 26.9 Å². The lowest BCUT2D eigenvalue weighted by Crippen LogP contribution is -2.44. The summed E-state index contributed by atoms with van der Waals surface area (Å²) in [4.78, 5) is 0.